The SMILES string of the molecule is CC1c2ccc(NC(=O)[C@H](Cc3ccccc3)N(C)C)c(O)c2C(O)=C2C(=O)[C@]3(O)C(O)=C(C(N)=O)C(=O)[C@@H](N(C)C)C3C(O)C21. The fourth-order valence-electron chi connectivity index (χ4n) is 7.28. The Morgan fingerprint density at radius 3 is 2.22 bits per heavy atom. The monoisotopic (exact) mass is 634 g/mol. The van der Waals surface area contributed by atoms with Gasteiger partial charge in [0.15, 0.2) is 11.4 Å². The zero-order valence-electron chi connectivity index (χ0n) is 26.1. The number of likely N-dealkylation sites (N-methyl/N-ethyl adjacent to an activating group) is 2. The van der Waals surface area contributed by atoms with Crippen LogP contribution in [0.1, 0.15) is 29.5 Å². The Hall–Kier alpha value is -4.56. The smallest absolute Gasteiger partial charge is 0.255 e. The van der Waals surface area contributed by atoms with Crippen molar-refractivity contribution < 1.29 is 44.7 Å². The molecule has 0 aromatic heterocycles. The number of hydrogen-bond donors (Lipinski definition) is 7. The third-order valence-corrected chi connectivity index (χ3v) is 9.59. The number of nitrogens with zero attached hydrogens (tertiary/aromatic N) is 2. The molecule has 4 unspecified atom stereocenters. The number of benzene rings is 2. The van der Waals surface area contributed by atoms with E-state index in [-0.39, 0.29) is 11.3 Å². The van der Waals surface area contributed by atoms with E-state index in [0.717, 1.165) is 5.56 Å². The fourth-order valence-corrected chi connectivity index (χ4v) is 7.28. The van der Waals surface area contributed by atoms with Gasteiger partial charge in [0.2, 0.25) is 11.7 Å². The van der Waals surface area contributed by atoms with Crippen molar-refractivity contribution >= 4 is 34.8 Å². The average molecular weight is 635 g/mol. The van der Waals surface area contributed by atoms with Crippen molar-refractivity contribution in [1.29, 1.82) is 0 Å². The first-order valence-electron chi connectivity index (χ1n) is 14.8. The van der Waals surface area contributed by atoms with Gasteiger partial charge in [-0.3, -0.25) is 29.0 Å². The van der Waals surface area contributed by atoms with Crippen molar-refractivity contribution in [3.05, 3.63) is 76.1 Å². The molecule has 0 heterocycles. The molecule has 1 saturated carbocycles. The summed E-state index contributed by atoms with van der Waals surface area (Å²) >= 11 is 0. The summed E-state index contributed by atoms with van der Waals surface area (Å²) in [6, 6.07) is 10.3. The molecule has 0 radical (unpaired) electrons. The maximum absolute atomic E-state index is 14.2. The number of anilines is 1. The lowest BCUT2D eigenvalue weighted by atomic mass is 9.54. The molecule has 244 valence electrons. The van der Waals surface area contributed by atoms with Gasteiger partial charge in [-0.1, -0.05) is 43.3 Å². The van der Waals surface area contributed by atoms with Gasteiger partial charge in [-0.05, 0) is 57.7 Å². The summed E-state index contributed by atoms with van der Waals surface area (Å²) in [7, 11) is 6.36. The van der Waals surface area contributed by atoms with Gasteiger partial charge in [-0.15, -0.1) is 0 Å². The summed E-state index contributed by atoms with van der Waals surface area (Å²) in [5.41, 5.74) is 1.82. The first-order valence-corrected chi connectivity index (χ1v) is 14.8. The van der Waals surface area contributed by atoms with Gasteiger partial charge in [-0.25, -0.2) is 0 Å². The predicted molar refractivity (Wildman–Crippen MR) is 167 cm³/mol. The number of fused-ring (bicyclic) bond motifs is 3. The molecule has 3 aliphatic rings. The molecule has 46 heavy (non-hydrogen) atoms. The molecule has 3 aliphatic carbocycles. The summed E-state index contributed by atoms with van der Waals surface area (Å²) in [5.74, 6) is -10.3. The van der Waals surface area contributed by atoms with Crippen LogP contribution >= 0.6 is 0 Å². The molecule has 2 amide bonds. The highest BCUT2D eigenvalue weighted by atomic mass is 16.4. The molecule has 8 N–H and O–H groups in total. The van der Waals surface area contributed by atoms with Gasteiger partial charge in [0.1, 0.15) is 22.8 Å². The third-order valence-electron chi connectivity index (χ3n) is 9.59. The summed E-state index contributed by atoms with van der Waals surface area (Å²) in [4.78, 5) is 56.2. The molecule has 7 atom stereocenters. The van der Waals surface area contributed by atoms with Crippen LogP contribution < -0.4 is 11.1 Å². The zero-order valence-corrected chi connectivity index (χ0v) is 26.1. The molecular formula is C33H38N4O9. The highest BCUT2D eigenvalue weighted by Gasteiger charge is 2.68. The first kappa shape index (κ1) is 32.8. The molecule has 0 bridgehead atoms. The van der Waals surface area contributed by atoms with Crippen LogP contribution in [-0.4, -0.2) is 111 Å². The van der Waals surface area contributed by atoms with Gasteiger partial charge < -0.3 is 36.6 Å². The number of phenols is 1. The van der Waals surface area contributed by atoms with E-state index in [1.807, 2.05) is 30.3 Å². The molecule has 2 aromatic carbocycles. The lowest BCUT2D eigenvalue weighted by molar-refractivity contribution is -0.169. The van der Waals surface area contributed by atoms with Crippen LogP contribution in [0.3, 0.4) is 0 Å². The number of nitrogens with two attached hydrogens (primary N) is 1. The summed E-state index contributed by atoms with van der Waals surface area (Å²) in [6.07, 6.45) is -1.33. The van der Waals surface area contributed by atoms with E-state index in [9.17, 15) is 44.7 Å². The van der Waals surface area contributed by atoms with Crippen LogP contribution in [0, 0.1) is 11.8 Å². The number of aliphatic hydroxyl groups excluding tert-OH is 3. The maximum Gasteiger partial charge on any atom is 0.255 e. The van der Waals surface area contributed by atoms with E-state index in [4.69, 9.17) is 5.73 Å². The number of hydrogen-bond acceptors (Lipinski definition) is 11. The molecule has 1 fully saturated rings. The van der Waals surface area contributed by atoms with Crippen LogP contribution in [0.2, 0.25) is 0 Å². The summed E-state index contributed by atoms with van der Waals surface area (Å²) in [6.45, 7) is 1.64. The highest BCUT2D eigenvalue weighted by Crippen LogP contribution is 2.56. The number of ketones is 2. The standard InChI is InChI=1S/C33H38N4O9/c1-14-16-11-12-17(35-32(45)18(36(2)3)13-15-9-7-6-8-10-15)25(38)20(16)26(39)21-19(14)27(40)23-24(37(4)5)28(41)22(31(34)44)30(43)33(23,46)29(21)42/h6-12,14,18-19,23-24,27,38-40,43,46H,13H2,1-5H3,(H2,34,44)(H,35,45)/t14?,18-,19?,23?,24-,27?,33-/m0/s1. The second-order valence-corrected chi connectivity index (χ2v) is 12.6. The van der Waals surface area contributed by atoms with E-state index in [1.165, 1.54) is 25.1 Å². The maximum atomic E-state index is 14.2. The van der Waals surface area contributed by atoms with E-state index in [1.54, 1.807) is 32.0 Å². The summed E-state index contributed by atoms with van der Waals surface area (Å²) in [5, 5.41) is 60.3. The minimum atomic E-state index is -3.01. The van der Waals surface area contributed by atoms with E-state index >= 15 is 0 Å². The molecule has 13 heteroatoms. The Labute approximate surface area is 265 Å². The Bertz CT molecular complexity index is 1700. The number of aliphatic hydroxyl groups is 4. The number of nitrogens with one attached hydrogen (secondary N) is 1. The normalized spacial score (nSPS) is 28.2. The number of carbonyl (C=O) groups excluding carboxylic acids is 4. The zero-order chi connectivity index (χ0) is 34.0. The number of Topliss-reactive ketones (excluding diaryl/α,β-unsaturated/α-hetero) is 2. The van der Waals surface area contributed by atoms with Gasteiger partial charge in [0, 0.05) is 11.5 Å². The molecule has 5 rings (SSSR count). The van der Waals surface area contributed by atoms with E-state index in [2.05, 4.69) is 5.32 Å². The number of primary amides is 1. The number of rotatable bonds is 7. The van der Waals surface area contributed by atoms with Crippen molar-refractivity contribution in [1.82, 2.24) is 9.80 Å². The van der Waals surface area contributed by atoms with E-state index in [0.29, 0.717) is 12.0 Å². The van der Waals surface area contributed by atoms with Crippen LogP contribution in [0.5, 0.6) is 5.75 Å². The minimum absolute atomic E-state index is 0.0588. The lowest BCUT2D eigenvalue weighted by Crippen LogP contribution is -2.70. The van der Waals surface area contributed by atoms with Gasteiger partial charge in [0.05, 0.1) is 35.4 Å². The second kappa shape index (κ2) is 11.7. The Morgan fingerprint density at radius 1 is 1.02 bits per heavy atom. The average Bonchev–Trinajstić information content (AvgIpc) is 2.98. The Balaban J connectivity index is 1.61. The number of carbonyl (C=O) groups is 4. The molecule has 0 aliphatic heterocycles. The van der Waals surface area contributed by atoms with Crippen molar-refractivity contribution in [3.63, 3.8) is 0 Å². The number of aromatic hydroxyl groups is 1. The Morgan fingerprint density at radius 2 is 1.65 bits per heavy atom. The Kier molecular flexibility index (Phi) is 8.32. The second-order valence-electron chi connectivity index (χ2n) is 12.6. The van der Waals surface area contributed by atoms with Crippen LogP contribution in [0.15, 0.2) is 59.4 Å². The highest BCUT2D eigenvalue weighted by molar-refractivity contribution is 6.24. The topological polar surface area (TPSA) is 214 Å². The molecule has 13 nitrogen and oxygen atoms in total. The molecular weight excluding hydrogens is 596 g/mol. The first-order chi connectivity index (χ1) is 21.5. The van der Waals surface area contributed by atoms with Gasteiger partial charge in [-0.2, -0.15) is 0 Å². The summed E-state index contributed by atoms with van der Waals surface area (Å²) < 4.78 is 0. The lowest BCUT2D eigenvalue weighted by Gasteiger charge is -2.53. The van der Waals surface area contributed by atoms with Crippen molar-refractivity contribution in [2.24, 2.45) is 17.6 Å². The fraction of sp³-hybridized carbons (Fsp3) is 0.394. The molecule has 2 aromatic rings. The van der Waals surface area contributed by atoms with E-state index < -0.39 is 93.3 Å². The van der Waals surface area contributed by atoms with Crippen molar-refractivity contribution in [2.75, 3.05) is 33.5 Å². The van der Waals surface area contributed by atoms with Crippen LogP contribution in [-0.2, 0) is 25.6 Å². The van der Waals surface area contributed by atoms with Crippen LogP contribution in [0.25, 0.3) is 5.76 Å². The van der Waals surface area contributed by atoms with Crippen LogP contribution in [0.4, 0.5) is 5.69 Å². The van der Waals surface area contributed by atoms with Crippen molar-refractivity contribution in [2.45, 2.75) is 43.1 Å². The van der Waals surface area contributed by atoms with Gasteiger partial charge >= 0.3 is 0 Å². The number of amides is 2. The molecule has 0 spiro atoms. The predicted octanol–water partition coefficient (Wildman–Crippen LogP) is 0.607. The quantitative estimate of drug-likeness (QED) is 0.165. The minimum Gasteiger partial charge on any atom is -0.508 e. The largest absolute Gasteiger partial charge is 0.508 e. The van der Waals surface area contributed by atoms with Crippen molar-refractivity contribution in [3.8, 4) is 5.75 Å². The molecule has 0 saturated heterocycles. The number of phenolic OH excluding ortho intramolecular Hbond substituents is 1. The van der Waals surface area contributed by atoms with Gasteiger partial charge in [0.25, 0.3) is 5.91 Å². The third kappa shape index (κ3) is 4.78.